The second-order valence-corrected chi connectivity index (χ2v) is 8.38. The summed E-state index contributed by atoms with van der Waals surface area (Å²) in [5, 5.41) is 4.93. The van der Waals surface area contributed by atoms with Crippen LogP contribution in [0.1, 0.15) is 75.2 Å². The molecule has 109 valence electrons. The average Bonchev–Trinajstić information content (AvgIpc) is 2.60. The third-order valence-electron chi connectivity index (χ3n) is 3.56. The molecule has 0 unspecified atom stereocenters. The van der Waals surface area contributed by atoms with Crippen molar-refractivity contribution < 1.29 is 0 Å². The Morgan fingerprint density at radius 1 is 0.789 bits per heavy atom. The van der Waals surface area contributed by atoms with Crippen LogP contribution in [0.5, 0.6) is 0 Å². The number of aliphatic imine (C=N–C) groups is 1. The summed E-state index contributed by atoms with van der Waals surface area (Å²) in [5.74, 6) is 1.02. The summed E-state index contributed by atoms with van der Waals surface area (Å²) < 4.78 is 0. The van der Waals surface area contributed by atoms with Gasteiger partial charge in [-0.2, -0.15) is 0 Å². The highest BCUT2D eigenvalue weighted by Crippen LogP contribution is 2.42. The molecule has 0 spiro atoms. The molecule has 1 aliphatic rings. The van der Waals surface area contributed by atoms with Crippen LogP contribution in [0.25, 0.3) is 0 Å². The molecule has 2 nitrogen and oxygen atoms in total. The van der Waals surface area contributed by atoms with E-state index < -0.39 is 0 Å². The van der Waals surface area contributed by atoms with Crippen LogP contribution in [-0.2, 0) is 0 Å². The van der Waals surface area contributed by atoms with Gasteiger partial charge in [0.1, 0.15) is 5.84 Å². The van der Waals surface area contributed by atoms with Gasteiger partial charge < -0.3 is 0 Å². The minimum absolute atomic E-state index is 0.0517. The van der Waals surface area contributed by atoms with Gasteiger partial charge in [0.15, 0.2) is 0 Å². The number of nitrogens with zero attached hydrogens (tertiary/aromatic N) is 2. The number of amidine groups is 1. The van der Waals surface area contributed by atoms with Gasteiger partial charge >= 0.3 is 0 Å². The highest BCUT2D eigenvalue weighted by Gasteiger charge is 2.38. The molecular formula is C17H31N2. The molecule has 0 aliphatic carbocycles. The second kappa shape index (κ2) is 4.96. The maximum absolute atomic E-state index is 4.93. The minimum atomic E-state index is 0.0517. The van der Waals surface area contributed by atoms with E-state index >= 15 is 0 Å². The Balaban J connectivity index is 3.18. The second-order valence-electron chi connectivity index (χ2n) is 8.38. The third-order valence-corrected chi connectivity index (χ3v) is 3.56. The molecule has 0 bridgehead atoms. The molecule has 1 radical (unpaired) electrons. The molecule has 0 aromatic rings. The Bertz CT molecular complexity index is 398. The Kier molecular flexibility index (Phi) is 4.24. The van der Waals surface area contributed by atoms with Crippen molar-refractivity contribution in [2.24, 2.45) is 21.2 Å². The van der Waals surface area contributed by atoms with Crippen LogP contribution in [0.2, 0.25) is 0 Å². The molecule has 0 fully saturated rings. The Labute approximate surface area is 119 Å². The quantitative estimate of drug-likeness (QED) is 0.674. The van der Waals surface area contributed by atoms with Gasteiger partial charge in [0.2, 0.25) is 0 Å². The average molecular weight is 263 g/mol. The van der Waals surface area contributed by atoms with Gasteiger partial charge in [-0.05, 0) is 6.42 Å². The first-order chi connectivity index (χ1) is 8.39. The molecule has 19 heavy (non-hydrogen) atoms. The number of hydrogen-bond donors (Lipinski definition) is 0. The maximum atomic E-state index is 4.93. The number of hydrogen-bond acceptors (Lipinski definition) is 1. The van der Waals surface area contributed by atoms with E-state index in [1.807, 2.05) is 0 Å². The van der Waals surface area contributed by atoms with Gasteiger partial charge in [0.25, 0.3) is 0 Å². The monoisotopic (exact) mass is 263 g/mol. The van der Waals surface area contributed by atoms with Crippen LogP contribution >= 0.6 is 0 Å². The summed E-state index contributed by atoms with van der Waals surface area (Å²) in [7, 11) is 0. The smallest absolute Gasteiger partial charge is 0.134 e. The van der Waals surface area contributed by atoms with Gasteiger partial charge in [-0.1, -0.05) is 68.7 Å². The highest BCUT2D eigenvalue weighted by atomic mass is 15.1. The van der Waals surface area contributed by atoms with Crippen LogP contribution in [0.15, 0.2) is 16.4 Å². The van der Waals surface area contributed by atoms with Gasteiger partial charge in [0, 0.05) is 16.2 Å². The zero-order chi connectivity index (χ0) is 15.1. The molecule has 2 heteroatoms. The van der Waals surface area contributed by atoms with Gasteiger partial charge in [0.05, 0.1) is 11.4 Å². The topological polar surface area (TPSA) is 26.5 Å². The minimum Gasteiger partial charge on any atom is -0.235 e. The first kappa shape index (κ1) is 16.3. The SMILES string of the molecule is CCCC(C)(C)C1=NC(C(C)(C)C)=C(C(C)(C)C)[N]1. The van der Waals surface area contributed by atoms with Crippen molar-refractivity contribution in [3.63, 3.8) is 0 Å². The van der Waals surface area contributed by atoms with Crippen molar-refractivity contribution in [3.05, 3.63) is 11.4 Å². The predicted octanol–water partition coefficient (Wildman–Crippen LogP) is 5.13. The van der Waals surface area contributed by atoms with E-state index in [-0.39, 0.29) is 16.2 Å². The molecule has 0 saturated carbocycles. The van der Waals surface area contributed by atoms with Gasteiger partial charge in [-0.3, -0.25) is 0 Å². The van der Waals surface area contributed by atoms with Crippen molar-refractivity contribution in [1.29, 1.82) is 0 Å². The Hall–Kier alpha value is -0.790. The zero-order valence-electron chi connectivity index (χ0n) is 14.3. The van der Waals surface area contributed by atoms with Crippen molar-refractivity contribution in [2.75, 3.05) is 0 Å². The van der Waals surface area contributed by atoms with Crippen molar-refractivity contribution in [2.45, 2.75) is 75.2 Å². The van der Waals surface area contributed by atoms with Crippen LogP contribution in [-0.4, -0.2) is 5.84 Å². The highest BCUT2D eigenvalue weighted by molar-refractivity contribution is 5.92. The summed E-state index contributed by atoms with van der Waals surface area (Å²) in [6.07, 6.45) is 2.29. The van der Waals surface area contributed by atoms with Gasteiger partial charge in [-0.15, -0.1) is 0 Å². The third kappa shape index (κ3) is 3.61. The lowest BCUT2D eigenvalue weighted by molar-refractivity contribution is 0.428. The Morgan fingerprint density at radius 3 is 1.58 bits per heavy atom. The molecule has 1 rings (SSSR count). The number of rotatable bonds is 3. The van der Waals surface area contributed by atoms with E-state index in [9.17, 15) is 0 Å². The van der Waals surface area contributed by atoms with E-state index in [0.29, 0.717) is 0 Å². The summed E-state index contributed by atoms with van der Waals surface area (Å²) >= 11 is 0. The Morgan fingerprint density at radius 2 is 1.26 bits per heavy atom. The largest absolute Gasteiger partial charge is 0.235 e. The summed E-state index contributed by atoms with van der Waals surface area (Å²) in [6.45, 7) is 20.1. The molecule has 0 saturated heterocycles. The van der Waals surface area contributed by atoms with E-state index in [1.165, 1.54) is 11.4 Å². The zero-order valence-corrected chi connectivity index (χ0v) is 14.3. The molecule has 0 N–H and O–H groups in total. The molecule has 0 atom stereocenters. The van der Waals surface area contributed by atoms with E-state index in [1.54, 1.807) is 0 Å². The van der Waals surface area contributed by atoms with Crippen LogP contribution in [0, 0.1) is 16.2 Å². The molecule has 0 amide bonds. The molecular weight excluding hydrogens is 232 g/mol. The summed E-state index contributed by atoms with van der Waals surface area (Å²) in [6, 6.07) is 0. The van der Waals surface area contributed by atoms with Crippen molar-refractivity contribution in [1.82, 2.24) is 5.32 Å². The van der Waals surface area contributed by atoms with Crippen LogP contribution < -0.4 is 5.32 Å². The fourth-order valence-electron chi connectivity index (χ4n) is 2.43. The predicted molar refractivity (Wildman–Crippen MR) is 84.2 cm³/mol. The van der Waals surface area contributed by atoms with E-state index in [0.717, 1.165) is 18.7 Å². The molecule has 0 aromatic heterocycles. The van der Waals surface area contributed by atoms with Crippen LogP contribution in [0.3, 0.4) is 0 Å². The van der Waals surface area contributed by atoms with Crippen molar-refractivity contribution >= 4 is 5.84 Å². The fraction of sp³-hybridized carbons (Fsp3) is 0.824. The molecule has 1 heterocycles. The normalized spacial score (nSPS) is 17.6. The summed E-state index contributed by atoms with van der Waals surface area (Å²) in [4.78, 5) is 4.93. The van der Waals surface area contributed by atoms with Crippen molar-refractivity contribution in [3.8, 4) is 0 Å². The lowest BCUT2D eigenvalue weighted by Gasteiger charge is -2.27. The summed E-state index contributed by atoms with van der Waals surface area (Å²) in [5.41, 5.74) is 2.50. The molecule has 1 aliphatic heterocycles. The molecule has 0 aromatic carbocycles. The number of allylic oxidation sites excluding steroid dienone is 2. The lowest BCUT2D eigenvalue weighted by atomic mass is 9.83. The van der Waals surface area contributed by atoms with E-state index in [2.05, 4.69) is 62.3 Å². The standard InChI is InChI=1S/C17H31N2/c1-10-11-17(8,9)14-18-12(15(2,3)4)13(19-14)16(5,6)7/h10-11H2,1-9H3. The van der Waals surface area contributed by atoms with Crippen LogP contribution in [0.4, 0.5) is 0 Å². The lowest BCUT2D eigenvalue weighted by Crippen LogP contribution is -2.32. The first-order valence-electron chi connectivity index (χ1n) is 7.46. The first-order valence-corrected chi connectivity index (χ1v) is 7.46. The van der Waals surface area contributed by atoms with E-state index in [4.69, 9.17) is 10.3 Å². The maximum Gasteiger partial charge on any atom is 0.134 e. The fourth-order valence-corrected chi connectivity index (χ4v) is 2.43. The van der Waals surface area contributed by atoms with Gasteiger partial charge in [-0.25, -0.2) is 10.3 Å².